The number of allylic oxidation sites excluding steroid dienone is 8. The van der Waals surface area contributed by atoms with E-state index in [0.29, 0.717) is 0 Å². The Bertz CT molecular complexity index is 309. The summed E-state index contributed by atoms with van der Waals surface area (Å²) in [5.41, 5.74) is 0.558. The van der Waals surface area contributed by atoms with E-state index in [-0.39, 0.29) is 11.3 Å². The summed E-state index contributed by atoms with van der Waals surface area (Å²) >= 11 is 12.0. The molecule has 13 heavy (non-hydrogen) atoms. The van der Waals surface area contributed by atoms with Crippen molar-refractivity contribution < 1.29 is 0 Å². The highest BCUT2D eigenvalue weighted by Crippen LogP contribution is 2.63. The summed E-state index contributed by atoms with van der Waals surface area (Å²) in [7, 11) is 0. The monoisotopic (exact) mass is 228 g/mol. The number of halogens is 1. The van der Waals surface area contributed by atoms with Gasteiger partial charge in [0.25, 0.3) is 0 Å². The van der Waals surface area contributed by atoms with Crippen LogP contribution in [0.4, 0.5) is 0 Å². The Balaban J connectivity index is 2.24. The van der Waals surface area contributed by atoms with E-state index in [1.807, 2.05) is 24.3 Å². The van der Waals surface area contributed by atoms with Gasteiger partial charge in [-0.2, -0.15) is 0 Å². The van der Waals surface area contributed by atoms with Crippen molar-refractivity contribution in [2.24, 2.45) is 0 Å². The summed E-state index contributed by atoms with van der Waals surface area (Å²) < 4.78 is 0. The molecule has 0 aromatic heterocycles. The highest BCUT2D eigenvalue weighted by Gasteiger charge is 2.30. The summed E-state index contributed by atoms with van der Waals surface area (Å²) in [4.78, 5) is 0. The molecule has 0 aromatic rings. The van der Waals surface area contributed by atoms with E-state index >= 15 is 0 Å². The van der Waals surface area contributed by atoms with Gasteiger partial charge in [-0.15, -0.1) is 0 Å². The molecule has 0 atom stereocenters. The van der Waals surface area contributed by atoms with Gasteiger partial charge in [-0.05, 0) is 0 Å². The van der Waals surface area contributed by atoms with Gasteiger partial charge in [0, 0.05) is 11.3 Å². The third kappa shape index (κ3) is 1.74. The molecule has 0 spiro atoms. The van der Waals surface area contributed by atoms with Crippen LogP contribution in [0.25, 0.3) is 0 Å². The molecule has 2 aliphatic rings. The Morgan fingerprint density at radius 2 is 1.15 bits per heavy atom. The molecule has 68 valence electrons. The smallest absolute Gasteiger partial charge is 0.0590 e. The fourth-order valence-corrected chi connectivity index (χ4v) is 4.87. The highest BCUT2D eigenvalue weighted by molar-refractivity contribution is 8.28. The van der Waals surface area contributed by atoms with E-state index in [9.17, 15) is 0 Å². The van der Waals surface area contributed by atoms with Crippen LogP contribution in [-0.4, -0.2) is 11.3 Å². The quantitative estimate of drug-likeness (QED) is 0.651. The molecule has 0 heterocycles. The molecule has 0 saturated carbocycles. The fraction of sp³-hybridized carbons (Fsp3) is 0.200. The lowest BCUT2D eigenvalue weighted by molar-refractivity contribution is 1.35. The van der Waals surface area contributed by atoms with Crippen molar-refractivity contribution in [2.45, 2.75) is 11.3 Å². The lowest BCUT2D eigenvalue weighted by Crippen LogP contribution is -2.05. The summed E-state index contributed by atoms with van der Waals surface area (Å²) in [5.74, 6) is 0. The van der Waals surface area contributed by atoms with Crippen LogP contribution >= 0.6 is 16.6 Å². The van der Waals surface area contributed by atoms with Crippen molar-refractivity contribution in [3.05, 3.63) is 48.6 Å². The van der Waals surface area contributed by atoms with Gasteiger partial charge in [0.05, 0.1) is 5.39 Å². The van der Waals surface area contributed by atoms with Crippen LogP contribution in [0.2, 0.25) is 0 Å². The van der Waals surface area contributed by atoms with E-state index in [1.54, 1.807) is 0 Å². The van der Waals surface area contributed by atoms with Crippen LogP contribution in [0.1, 0.15) is 0 Å². The Morgan fingerprint density at radius 3 is 1.46 bits per heavy atom. The first-order chi connectivity index (χ1) is 6.21. The van der Waals surface area contributed by atoms with E-state index in [0.717, 1.165) is 0 Å². The Hall–Kier alpha value is -0.100. The van der Waals surface area contributed by atoms with Crippen molar-refractivity contribution in [1.29, 1.82) is 0 Å². The first-order valence-corrected chi connectivity index (χ1v) is 8.05. The molecule has 0 fully saturated rings. The second-order valence-corrected chi connectivity index (χ2v) is 9.68. The van der Waals surface area contributed by atoms with Gasteiger partial charge in [-0.1, -0.05) is 71.7 Å². The lowest BCUT2D eigenvalue weighted by Gasteiger charge is -2.22. The molecular formula is C10H10ClPS. The Morgan fingerprint density at radius 1 is 0.846 bits per heavy atom. The molecule has 0 unspecified atom stereocenters. The van der Waals surface area contributed by atoms with Gasteiger partial charge in [0.2, 0.25) is 0 Å². The van der Waals surface area contributed by atoms with Crippen LogP contribution < -0.4 is 0 Å². The van der Waals surface area contributed by atoms with E-state index in [4.69, 9.17) is 23.0 Å². The van der Waals surface area contributed by atoms with Crippen LogP contribution in [0, 0.1) is 0 Å². The minimum absolute atomic E-state index is 0.279. The molecule has 2 aliphatic carbocycles. The summed E-state index contributed by atoms with van der Waals surface area (Å²) in [5, 5.41) is -1.83. The predicted molar refractivity (Wildman–Crippen MR) is 64.3 cm³/mol. The van der Waals surface area contributed by atoms with Crippen LogP contribution in [0.3, 0.4) is 0 Å². The SMILES string of the molecule is S=P(Cl)(C1C=CC=C1)C1C=CC=C1. The van der Waals surface area contributed by atoms with Gasteiger partial charge in [0.1, 0.15) is 0 Å². The van der Waals surface area contributed by atoms with Crippen molar-refractivity contribution in [1.82, 2.24) is 0 Å². The van der Waals surface area contributed by atoms with E-state index in [2.05, 4.69) is 24.3 Å². The largest absolute Gasteiger partial charge is 0.0837 e. The van der Waals surface area contributed by atoms with Crippen molar-refractivity contribution in [3.63, 3.8) is 0 Å². The predicted octanol–water partition coefficient (Wildman–Crippen LogP) is 3.61. The zero-order valence-corrected chi connectivity index (χ0v) is 9.47. The average Bonchev–Trinajstić information content (AvgIpc) is 2.78. The molecule has 0 radical (unpaired) electrons. The summed E-state index contributed by atoms with van der Waals surface area (Å²) in [6.07, 6.45) is 16.5. The number of hydrogen-bond donors (Lipinski definition) is 0. The van der Waals surface area contributed by atoms with Gasteiger partial charge < -0.3 is 0 Å². The molecule has 0 N–H and O–H groups in total. The van der Waals surface area contributed by atoms with Crippen molar-refractivity contribution in [2.75, 3.05) is 0 Å². The molecule has 0 aromatic carbocycles. The molecular weight excluding hydrogens is 219 g/mol. The molecule has 0 amide bonds. The van der Waals surface area contributed by atoms with Gasteiger partial charge in [-0.3, -0.25) is 0 Å². The minimum Gasteiger partial charge on any atom is -0.0837 e. The maximum Gasteiger partial charge on any atom is 0.0590 e. The topological polar surface area (TPSA) is 0 Å². The lowest BCUT2D eigenvalue weighted by atomic mass is 10.5. The standard InChI is InChI=1S/C10H10ClPS/c11-12(13,9-5-1-2-6-9)10-7-3-4-8-10/h1-10H. The maximum absolute atomic E-state index is 6.47. The van der Waals surface area contributed by atoms with Crippen molar-refractivity contribution in [3.8, 4) is 0 Å². The second-order valence-electron chi connectivity index (χ2n) is 3.14. The van der Waals surface area contributed by atoms with E-state index < -0.39 is 5.39 Å². The molecule has 0 aliphatic heterocycles. The molecule has 0 bridgehead atoms. The molecule has 2 rings (SSSR count). The Labute approximate surface area is 88.5 Å². The number of hydrogen-bond acceptors (Lipinski definition) is 1. The van der Waals surface area contributed by atoms with Crippen LogP contribution in [0.15, 0.2) is 48.6 Å². The highest BCUT2D eigenvalue weighted by atomic mass is 35.7. The second kappa shape index (κ2) is 3.57. The van der Waals surface area contributed by atoms with Crippen LogP contribution in [-0.2, 0) is 11.8 Å². The molecule has 3 heteroatoms. The third-order valence-electron chi connectivity index (χ3n) is 2.27. The fourth-order valence-electron chi connectivity index (χ4n) is 1.51. The first-order valence-electron chi connectivity index (χ1n) is 4.20. The molecule has 0 saturated heterocycles. The minimum atomic E-state index is -1.83. The van der Waals surface area contributed by atoms with Gasteiger partial charge >= 0.3 is 0 Å². The summed E-state index contributed by atoms with van der Waals surface area (Å²) in [6, 6.07) is 0. The zero-order valence-electron chi connectivity index (χ0n) is 7.01. The molecule has 0 nitrogen and oxygen atoms in total. The zero-order chi connectivity index (χ0) is 9.31. The normalized spacial score (nSPS) is 22.2. The van der Waals surface area contributed by atoms with Gasteiger partial charge in [0.15, 0.2) is 0 Å². The number of rotatable bonds is 2. The maximum atomic E-state index is 6.47. The summed E-state index contributed by atoms with van der Waals surface area (Å²) in [6.45, 7) is 0. The first kappa shape index (κ1) is 9.45. The average molecular weight is 229 g/mol. The van der Waals surface area contributed by atoms with Crippen LogP contribution in [0.5, 0.6) is 0 Å². The Kier molecular flexibility index (Phi) is 2.60. The van der Waals surface area contributed by atoms with E-state index in [1.165, 1.54) is 0 Å². The van der Waals surface area contributed by atoms with Crippen molar-refractivity contribution >= 4 is 28.4 Å². The third-order valence-corrected chi connectivity index (χ3v) is 7.40. The van der Waals surface area contributed by atoms with Gasteiger partial charge in [-0.25, -0.2) is 0 Å².